The van der Waals surface area contributed by atoms with Gasteiger partial charge in [-0.15, -0.1) is 11.3 Å². The van der Waals surface area contributed by atoms with Crippen molar-refractivity contribution in [3.8, 4) is 0 Å². The zero-order chi connectivity index (χ0) is 17.0. The van der Waals surface area contributed by atoms with Crippen LogP contribution in [-0.4, -0.2) is 27.4 Å². The van der Waals surface area contributed by atoms with Crippen LogP contribution in [0.25, 0.3) is 16.6 Å². The van der Waals surface area contributed by atoms with Gasteiger partial charge in [-0.25, -0.2) is 9.78 Å². The number of aryl methyl sites for hydroxylation is 1. The lowest BCUT2D eigenvalue weighted by Gasteiger charge is -2.09. The van der Waals surface area contributed by atoms with Gasteiger partial charge in [0.2, 0.25) is 0 Å². The summed E-state index contributed by atoms with van der Waals surface area (Å²) in [6, 6.07) is -0.527. The van der Waals surface area contributed by atoms with Crippen LogP contribution in [0, 0.1) is 6.92 Å². The molecule has 120 valence electrons. The van der Waals surface area contributed by atoms with Gasteiger partial charge in [0.05, 0.1) is 11.4 Å². The topological polar surface area (TPSA) is 63.6 Å². The highest BCUT2D eigenvalue weighted by molar-refractivity contribution is 7.17. The first kappa shape index (κ1) is 16.8. The van der Waals surface area contributed by atoms with Crippen LogP contribution in [-0.2, 0) is 0 Å². The van der Waals surface area contributed by atoms with Gasteiger partial charge in [0.15, 0.2) is 4.96 Å². The van der Waals surface area contributed by atoms with E-state index >= 15 is 0 Å². The van der Waals surface area contributed by atoms with Gasteiger partial charge in [0.1, 0.15) is 0 Å². The Kier molecular flexibility index (Phi) is 5.18. The molecule has 0 saturated heterocycles. The number of hydrogen-bond donors (Lipinski definition) is 1. The number of nitrogens with two attached hydrogens (primary N) is 1. The van der Waals surface area contributed by atoms with Crippen molar-refractivity contribution in [1.29, 1.82) is 0 Å². The fourth-order valence-electron chi connectivity index (χ4n) is 2.10. The summed E-state index contributed by atoms with van der Waals surface area (Å²) in [6.45, 7) is 7.73. The van der Waals surface area contributed by atoms with Crippen LogP contribution in [0.15, 0.2) is 43.3 Å². The minimum absolute atomic E-state index is 0.527. The number of imidazole rings is 1. The molecule has 2 N–H and O–H groups in total. The predicted octanol–water partition coefficient (Wildman–Crippen LogP) is 3.83. The van der Waals surface area contributed by atoms with Crippen LogP contribution >= 0.6 is 11.3 Å². The maximum Gasteiger partial charge on any atom is 0.318 e. The van der Waals surface area contributed by atoms with Crippen LogP contribution in [0.1, 0.15) is 23.2 Å². The lowest BCUT2D eigenvalue weighted by atomic mass is 10.2. The number of rotatable bonds is 5. The molecule has 2 aromatic heterocycles. The zero-order valence-corrected chi connectivity index (χ0v) is 14.3. The normalized spacial score (nSPS) is 12.6. The number of aromatic nitrogens is 2. The molecule has 0 bridgehead atoms. The molecule has 5 nitrogen and oxygen atoms in total. The first-order chi connectivity index (χ1) is 11.0. The molecule has 0 aliphatic carbocycles. The van der Waals surface area contributed by atoms with E-state index in [0.29, 0.717) is 0 Å². The van der Waals surface area contributed by atoms with E-state index in [1.54, 1.807) is 36.7 Å². The minimum Gasteiger partial charge on any atom is -0.351 e. The Morgan fingerprint density at radius 3 is 2.87 bits per heavy atom. The molecule has 0 spiro atoms. The molecule has 0 unspecified atom stereocenters. The zero-order valence-electron chi connectivity index (χ0n) is 13.5. The molecule has 0 fully saturated rings. The van der Waals surface area contributed by atoms with Crippen LogP contribution in [0.5, 0.6) is 0 Å². The lowest BCUT2D eigenvalue weighted by Crippen LogP contribution is -2.27. The average Bonchev–Trinajstić information content (AvgIpc) is 3.02. The van der Waals surface area contributed by atoms with Crippen molar-refractivity contribution in [3.05, 3.63) is 59.5 Å². The SMILES string of the molecule is C=C/C=C\C(=C/N(C)C(N)=O)c1cn2c(/C=C\C)c(C)sc2n1. The van der Waals surface area contributed by atoms with E-state index in [1.165, 1.54) is 9.78 Å². The second kappa shape index (κ2) is 7.11. The Labute approximate surface area is 139 Å². The Balaban J connectivity index is 2.55. The molecule has 0 aliphatic heterocycles. The third-order valence-corrected chi connectivity index (χ3v) is 4.24. The van der Waals surface area contributed by atoms with Gasteiger partial charge in [-0.05, 0) is 19.9 Å². The molecule has 0 atom stereocenters. The monoisotopic (exact) mass is 328 g/mol. The number of carbonyl (C=O) groups is 1. The molecule has 2 aromatic rings. The first-order valence-corrected chi connectivity index (χ1v) is 7.94. The number of urea groups is 1. The number of amides is 2. The highest BCUT2D eigenvalue weighted by atomic mass is 32.1. The molecule has 0 aromatic carbocycles. The van der Waals surface area contributed by atoms with Crippen LogP contribution in [0.3, 0.4) is 0 Å². The molecule has 0 saturated carbocycles. The Bertz CT molecular complexity index is 823. The van der Waals surface area contributed by atoms with Crippen molar-refractivity contribution in [2.45, 2.75) is 13.8 Å². The molecular formula is C17H20N4OS. The number of thiazole rings is 1. The Hall–Kier alpha value is -2.60. The van der Waals surface area contributed by atoms with Crippen LogP contribution in [0.4, 0.5) is 4.79 Å². The fraction of sp³-hybridized carbons (Fsp3) is 0.176. The van der Waals surface area contributed by atoms with E-state index in [1.807, 2.05) is 25.3 Å². The van der Waals surface area contributed by atoms with Gasteiger partial charge >= 0.3 is 6.03 Å². The van der Waals surface area contributed by atoms with E-state index in [2.05, 4.69) is 29.0 Å². The largest absolute Gasteiger partial charge is 0.351 e. The molecule has 0 radical (unpaired) electrons. The number of nitrogens with zero attached hydrogens (tertiary/aromatic N) is 3. The second-order valence-electron chi connectivity index (χ2n) is 4.95. The smallest absolute Gasteiger partial charge is 0.318 e. The van der Waals surface area contributed by atoms with Crippen molar-refractivity contribution in [1.82, 2.24) is 14.3 Å². The number of fused-ring (bicyclic) bond motifs is 1. The summed E-state index contributed by atoms with van der Waals surface area (Å²) in [5.74, 6) is 0. The van der Waals surface area contributed by atoms with E-state index in [-0.39, 0.29) is 0 Å². The highest BCUT2D eigenvalue weighted by Gasteiger charge is 2.12. The number of carbonyl (C=O) groups excluding carboxylic acids is 1. The third kappa shape index (κ3) is 3.60. The van der Waals surface area contributed by atoms with Gasteiger partial charge in [-0.1, -0.05) is 30.9 Å². The summed E-state index contributed by atoms with van der Waals surface area (Å²) in [7, 11) is 1.61. The van der Waals surface area contributed by atoms with Crippen molar-refractivity contribution >= 4 is 34.0 Å². The Morgan fingerprint density at radius 2 is 2.26 bits per heavy atom. The highest BCUT2D eigenvalue weighted by Crippen LogP contribution is 2.26. The molecule has 23 heavy (non-hydrogen) atoms. The maximum atomic E-state index is 11.3. The number of allylic oxidation sites excluding steroid dienone is 5. The summed E-state index contributed by atoms with van der Waals surface area (Å²) in [5.41, 5.74) is 7.96. The lowest BCUT2D eigenvalue weighted by molar-refractivity contribution is 0.231. The predicted molar refractivity (Wildman–Crippen MR) is 97.2 cm³/mol. The van der Waals surface area contributed by atoms with E-state index in [0.717, 1.165) is 21.9 Å². The number of primary amides is 1. The maximum absolute atomic E-state index is 11.3. The van der Waals surface area contributed by atoms with Gasteiger partial charge in [-0.3, -0.25) is 4.40 Å². The van der Waals surface area contributed by atoms with Gasteiger partial charge in [0, 0.05) is 29.9 Å². The van der Waals surface area contributed by atoms with E-state index < -0.39 is 6.03 Å². The number of hydrogen-bond acceptors (Lipinski definition) is 3. The average molecular weight is 328 g/mol. The van der Waals surface area contributed by atoms with Gasteiger partial charge in [0.25, 0.3) is 0 Å². The molecular weight excluding hydrogens is 308 g/mol. The van der Waals surface area contributed by atoms with E-state index in [4.69, 9.17) is 5.73 Å². The second-order valence-corrected chi connectivity index (χ2v) is 6.13. The third-order valence-electron chi connectivity index (χ3n) is 3.25. The quantitative estimate of drug-likeness (QED) is 0.848. The molecule has 6 heteroatoms. The van der Waals surface area contributed by atoms with E-state index in [9.17, 15) is 4.79 Å². The van der Waals surface area contributed by atoms with Gasteiger partial charge < -0.3 is 10.6 Å². The van der Waals surface area contributed by atoms with Crippen LogP contribution in [0.2, 0.25) is 0 Å². The fourth-order valence-corrected chi connectivity index (χ4v) is 3.04. The summed E-state index contributed by atoms with van der Waals surface area (Å²) in [5, 5.41) is 0. The summed E-state index contributed by atoms with van der Waals surface area (Å²) in [6.07, 6.45) is 13.0. The van der Waals surface area contributed by atoms with Crippen molar-refractivity contribution < 1.29 is 4.79 Å². The molecule has 0 aliphatic rings. The first-order valence-electron chi connectivity index (χ1n) is 7.12. The van der Waals surface area contributed by atoms with Gasteiger partial charge in [-0.2, -0.15) is 0 Å². The summed E-state index contributed by atoms with van der Waals surface area (Å²) < 4.78 is 2.05. The minimum atomic E-state index is -0.527. The molecule has 2 amide bonds. The molecule has 2 rings (SSSR count). The standard InChI is InChI=1S/C17H20N4OS/c1-5-7-9-13(10-20(4)16(18)22)14-11-21-15(8-6-2)12(3)23-17(21)19-14/h5-11H,1H2,2-4H3,(H2,18,22)/b8-6-,9-7-,13-10+. The van der Waals surface area contributed by atoms with Crippen molar-refractivity contribution in [3.63, 3.8) is 0 Å². The molecule has 2 heterocycles. The Morgan fingerprint density at radius 1 is 1.52 bits per heavy atom. The summed E-state index contributed by atoms with van der Waals surface area (Å²) >= 11 is 1.63. The summed E-state index contributed by atoms with van der Waals surface area (Å²) in [4.78, 5) is 19.4. The van der Waals surface area contributed by atoms with Crippen molar-refractivity contribution in [2.24, 2.45) is 5.73 Å². The van der Waals surface area contributed by atoms with Crippen molar-refractivity contribution in [2.75, 3.05) is 7.05 Å². The van der Waals surface area contributed by atoms with Crippen LogP contribution < -0.4 is 5.73 Å².